The zero-order valence-corrected chi connectivity index (χ0v) is 8.91. The van der Waals surface area contributed by atoms with E-state index in [1.165, 1.54) is 25.4 Å². The highest BCUT2D eigenvalue weighted by atomic mass is 16.6. The number of rotatable bonds is 2. The van der Waals surface area contributed by atoms with Gasteiger partial charge in [0.1, 0.15) is 0 Å². The Kier molecular flexibility index (Phi) is 2.70. The number of nitro groups is 1. The van der Waals surface area contributed by atoms with Crippen molar-refractivity contribution in [3.8, 4) is 0 Å². The first kappa shape index (κ1) is 11.0. The quantitative estimate of drug-likeness (QED) is 0.448. The number of nitrogens with zero attached hydrogens (tertiary/aromatic N) is 2. The lowest BCUT2D eigenvalue weighted by Crippen LogP contribution is -2.04. The number of carbonyl (C=O) groups excluding carboxylic acids is 1. The Balaban J connectivity index is 2.79. The highest BCUT2D eigenvalue weighted by Crippen LogP contribution is 2.26. The van der Waals surface area contributed by atoms with Gasteiger partial charge in [-0.25, -0.2) is 4.79 Å². The van der Waals surface area contributed by atoms with E-state index in [4.69, 9.17) is 0 Å². The van der Waals surface area contributed by atoms with Crippen molar-refractivity contribution >= 4 is 22.6 Å². The number of pyridine rings is 1. The molecule has 0 saturated heterocycles. The second kappa shape index (κ2) is 4.17. The number of non-ortho nitro benzene ring substituents is 1. The highest BCUT2D eigenvalue weighted by molar-refractivity contribution is 6.05. The van der Waals surface area contributed by atoms with E-state index < -0.39 is 10.9 Å². The lowest BCUT2D eigenvalue weighted by atomic mass is 10.1. The van der Waals surface area contributed by atoms with Crippen LogP contribution in [-0.2, 0) is 4.74 Å². The van der Waals surface area contributed by atoms with E-state index in [-0.39, 0.29) is 16.8 Å². The molecule has 0 N–H and O–H groups in total. The van der Waals surface area contributed by atoms with E-state index in [0.29, 0.717) is 5.39 Å². The number of hydrogen-bond acceptors (Lipinski definition) is 5. The van der Waals surface area contributed by atoms with Crippen molar-refractivity contribution in [3.63, 3.8) is 0 Å². The molecule has 6 heteroatoms. The molecule has 2 aromatic rings. The standard InChI is InChI=1S/C11H8N2O4/c1-17-11(14)8-4-5-9(13(15)16)7-3-2-6-12-10(7)8/h2-6H,1H3. The van der Waals surface area contributed by atoms with Gasteiger partial charge in [-0.2, -0.15) is 0 Å². The summed E-state index contributed by atoms with van der Waals surface area (Å²) < 4.78 is 4.60. The maximum absolute atomic E-state index is 11.5. The predicted octanol–water partition coefficient (Wildman–Crippen LogP) is 1.93. The molecule has 0 aliphatic heterocycles. The summed E-state index contributed by atoms with van der Waals surface area (Å²) in [6.45, 7) is 0. The van der Waals surface area contributed by atoms with Crippen LogP contribution in [0.4, 0.5) is 5.69 Å². The second-order valence-electron chi connectivity index (χ2n) is 3.28. The average Bonchev–Trinajstić information content (AvgIpc) is 2.36. The van der Waals surface area contributed by atoms with Crippen LogP contribution in [0.1, 0.15) is 10.4 Å². The summed E-state index contributed by atoms with van der Waals surface area (Å²) in [6.07, 6.45) is 1.47. The van der Waals surface area contributed by atoms with Crippen molar-refractivity contribution in [3.05, 3.63) is 46.1 Å². The van der Waals surface area contributed by atoms with Gasteiger partial charge < -0.3 is 4.74 Å². The number of carbonyl (C=O) groups is 1. The van der Waals surface area contributed by atoms with Gasteiger partial charge in [0.2, 0.25) is 0 Å². The Bertz CT molecular complexity index is 609. The third-order valence-corrected chi connectivity index (χ3v) is 2.35. The van der Waals surface area contributed by atoms with Gasteiger partial charge in [0, 0.05) is 12.3 Å². The van der Waals surface area contributed by atoms with Gasteiger partial charge in [0.15, 0.2) is 0 Å². The molecule has 0 aliphatic carbocycles. The molecule has 1 aromatic carbocycles. The Morgan fingerprint density at radius 3 is 2.82 bits per heavy atom. The number of fused-ring (bicyclic) bond motifs is 1. The van der Waals surface area contributed by atoms with Crippen LogP contribution >= 0.6 is 0 Å². The molecule has 0 saturated carbocycles. The Hall–Kier alpha value is -2.50. The van der Waals surface area contributed by atoms with Crippen LogP contribution in [0, 0.1) is 10.1 Å². The minimum Gasteiger partial charge on any atom is -0.465 e. The summed E-state index contributed by atoms with van der Waals surface area (Å²) in [5, 5.41) is 11.1. The fourth-order valence-electron chi connectivity index (χ4n) is 1.59. The van der Waals surface area contributed by atoms with Crippen LogP contribution in [0.15, 0.2) is 30.5 Å². The first-order valence-corrected chi connectivity index (χ1v) is 4.75. The van der Waals surface area contributed by atoms with Gasteiger partial charge in [-0.3, -0.25) is 15.1 Å². The molecule has 0 spiro atoms. The monoisotopic (exact) mass is 232 g/mol. The maximum atomic E-state index is 11.5. The minimum atomic E-state index is -0.566. The Labute approximate surface area is 96.0 Å². The number of aromatic nitrogens is 1. The summed E-state index contributed by atoms with van der Waals surface area (Å²) in [5.41, 5.74) is 0.406. The third kappa shape index (κ3) is 1.80. The van der Waals surface area contributed by atoms with Gasteiger partial charge in [-0.1, -0.05) is 0 Å². The Morgan fingerprint density at radius 2 is 2.18 bits per heavy atom. The molecule has 0 radical (unpaired) electrons. The van der Waals surface area contributed by atoms with Crippen LogP contribution < -0.4 is 0 Å². The lowest BCUT2D eigenvalue weighted by Gasteiger charge is -2.04. The summed E-state index contributed by atoms with van der Waals surface area (Å²) in [7, 11) is 1.25. The van der Waals surface area contributed by atoms with E-state index in [1.54, 1.807) is 12.1 Å². The molecule has 86 valence electrons. The van der Waals surface area contributed by atoms with Crippen molar-refractivity contribution in [2.45, 2.75) is 0 Å². The fourth-order valence-corrected chi connectivity index (χ4v) is 1.59. The lowest BCUT2D eigenvalue weighted by molar-refractivity contribution is -0.383. The van der Waals surface area contributed by atoms with Crippen molar-refractivity contribution < 1.29 is 14.5 Å². The predicted molar refractivity (Wildman–Crippen MR) is 59.7 cm³/mol. The molecule has 0 atom stereocenters. The van der Waals surface area contributed by atoms with Crippen molar-refractivity contribution in [2.75, 3.05) is 7.11 Å². The van der Waals surface area contributed by atoms with Crippen molar-refractivity contribution in [1.82, 2.24) is 4.98 Å². The van der Waals surface area contributed by atoms with Gasteiger partial charge in [-0.05, 0) is 18.2 Å². The van der Waals surface area contributed by atoms with Gasteiger partial charge in [0.25, 0.3) is 5.69 Å². The number of benzene rings is 1. The molecule has 1 aromatic heterocycles. The molecule has 0 bridgehead atoms. The second-order valence-corrected chi connectivity index (χ2v) is 3.28. The van der Waals surface area contributed by atoms with Crippen LogP contribution in [0.3, 0.4) is 0 Å². The number of esters is 1. The van der Waals surface area contributed by atoms with E-state index in [2.05, 4.69) is 9.72 Å². The highest BCUT2D eigenvalue weighted by Gasteiger charge is 2.18. The normalized spacial score (nSPS) is 10.2. The van der Waals surface area contributed by atoms with E-state index >= 15 is 0 Å². The van der Waals surface area contributed by atoms with Gasteiger partial charge in [-0.15, -0.1) is 0 Å². The van der Waals surface area contributed by atoms with Crippen LogP contribution in [0.2, 0.25) is 0 Å². The molecule has 1 heterocycles. The molecule has 0 amide bonds. The summed E-state index contributed by atoms with van der Waals surface area (Å²) in [4.78, 5) is 25.8. The number of ether oxygens (including phenoxy) is 1. The molecular formula is C11H8N2O4. The molecular weight excluding hydrogens is 224 g/mol. The Morgan fingerprint density at radius 1 is 1.41 bits per heavy atom. The first-order valence-electron chi connectivity index (χ1n) is 4.75. The minimum absolute atomic E-state index is 0.0826. The SMILES string of the molecule is COC(=O)c1ccc([N+](=O)[O-])c2cccnc12. The topological polar surface area (TPSA) is 82.3 Å². The van der Waals surface area contributed by atoms with Crippen molar-refractivity contribution in [2.24, 2.45) is 0 Å². The average molecular weight is 232 g/mol. The smallest absolute Gasteiger partial charge is 0.340 e. The van der Waals surface area contributed by atoms with Crippen molar-refractivity contribution in [1.29, 1.82) is 0 Å². The van der Waals surface area contributed by atoms with Gasteiger partial charge >= 0.3 is 5.97 Å². The summed E-state index contributed by atoms with van der Waals surface area (Å²) in [5.74, 6) is -0.566. The largest absolute Gasteiger partial charge is 0.465 e. The number of hydrogen-bond donors (Lipinski definition) is 0. The molecule has 0 fully saturated rings. The molecule has 17 heavy (non-hydrogen) atoms. The number of methoxy groups -OCH3 is 1. The van der Waals surface area contributed by atoms with Gasteiger partial charge in [0.05, 0.1) is 28.5 Å². The maximum Gasteiger partial charge on any atom is 0.340 e. The fraction of sp³-hybridized carbons (Fsp3) is 0.0909. The molecule has 2 rings (SSSR count). The molecule has 0 unspecified atom stereocenters. The van der Waals surface area contributed by atoms with E-state index in [1.807, 2.05) is 0 Å². The van der Waals surface area contributed by atoms with Crippen LogP contribution in [0.5, 0.6) is 0 Å². The van der Waals surface area contributed by atoms with Crippen LogP contribution in [-0.4, -0.2) is 23.0 Å². The zero-order valence-electron chi connectivity index (χ0n) is 8.91. The third-order valence-electron chi connectivity index (χ3n) is 2.35. The van der Waals surface area contributed by atoms with E-state index in [9.17, 15) is 14.9 Å². The van der Waals surface area contributed by atoms with E-state index in [0.717, 1.165) is 0 Å². The van der Waals surface area contributed by atoms with Crippen LogP contribution in [0.25, 0.3) is 10.9 Å². The zero-order chi connectivity index (χ0) is 12.4. The molecule has 6 nitrogen and oxygen atoms in total. The number of nitro benzene ring substituents is 1. The first-order chi connectivity index (χ1) is 8.15. The molecule has 0 aliphatic rings. The summed E-state index contributed by atoms with van der Waals surface area (Å²) >= 11 is 0. The summed E-state index contributed by atoms with van der Waals surface area (Å²) in [6, 6.07) is 5.75.